The van der Waals surface area contributed by atoms with Crippen molar-refractivity contribution in [2.24, 2.45) is 0 Å². The van der Waals surface area contributed by atoms with Gasteiger partial charge in [0.15, 0.2) is 18.1 Å². The molecule has 0 atom stereocenters. The Bertz CT molecular complexity index is 811. The molecule has 7 nitrogen and oxygen atoms in total. The molecular formula is C20H22ClNO6. The summed E-state index contributed by atoms with van der Waals surface area (Å²) < 4.78 is 20.9. The third-order valence-electron chi connectivity index (χ3n) is 3.70. The van der Waals surface area contributed by atoms with Crippen molar-refractivity contribution in [2.75, 3.05) is 34.0 Å². The van der Waals surface area contributed by atoms with E-state index in [1.807, 2.05) is 18.2 Å². The Balaban J connectivity index is 1.95. The molecule has 0 radical (unpaired) electrons. The highest BCUT2D eigenvalue weighted by Crippen LogP contribution is 2.29. The molecule has 0 unspecified atom stereocenters. The number of carbonyl (C=O) groups excluding carboxylic acids is 2. The van der Waals surface area contributed by atoms with Crippen molar-refractivity contribution in [1.82, 2.24) is 5.32 Å². The van der Waals surface area contributed by atoms with Crippen molar-refractivity contribution in [3.63, 3.8) is 0 Å². The van der Waals surface area contributed by atoms with Crippen molar-refractivity contribution in [1.29, 1.82) is 0 Å². The summed E-state index contributed by atoms with van der Waals surface area (Å²) in [5.74, 6) is -0.225. The Hall–Kier alpha value is -2.77. The van der Waals surface area contributed by atoms with Gasteiger partial charge in [-0.1, -0.05) is 29.8 Å². The van der Waals surface area contributed by atoms with Gasteiger partial charge in [0.1, 0.15) is 6.61 Å². The highest BCUT2D eigenvalue weighted by Gasteiger charge is 2.14. The molecular weight excluding hydrogens is 386 g/mol. The van der Waals surface area contributed by atoms with E-state index in [0.717, 1.165) is 5.56 Å². The summed E-state index contributed by atoms with van der Waals surface area (Å²) in [4.78, 5) is 23.7. The van der Waals surface area contributed by atoms with Gasteiger partial charge < -0.3 is 24.3 Å². The number of ether oxygens (including phenoxy) is 4. The molecule has 28 heavy (non-hydrogen) atoms. The van der Waals surface area contributed by atoms with E-state index >= 15 is 0 Å². The summed E-state index contributed by atoms with van der Waals surface area (Å²) >= 11 is 6.12. The topological polar surface area (TPSA) is 83.1 Å². The maximum absolute atomic E-state index is 12.1. The van der Waals surface area contributed by atoms with Crippen molar-refractivity contribution in [3.05, 3.63) is 58.6 Å². The fourth-order valence-corrected chi connectivity index (χ4v) is 2.43. The zero-order valence-electron chi connectivity index (χ0n) is 15.7. The van der Waals surface area contributed by atoms with Crippen molar-refractivity contribution in [3.8, 4) is 11.5 Å². The summed E-state index contributed by atoms with van der Waals surface area (Å²) in [5.41, 5.74) is 1.07. The Labute approximate surface area is 168 Å². The number of amides is 1. The van der Waals surface area contributed by atoms with Crippen LogP contribution in [0.1, 0.15) is 15.9 Å². The SMILES string of the molecule is COCCNC(=O)COC(=O)c1ccc(OCc2ccccc2Cl)c(OC)c1. The maximum Gasteiger partial charge on any atom is 0.338 e. The minimum Gasteiger partial charge on any atom is -0.493 e. The molecule has 0 bridgehead atoms. The largest absolute Gasteiger partial charge is 0.493 e. The lowest BCUT2D eigenvalue weighted by Crippen LogP contribution is -2.31. The van der Waals surface area contributed by atoms with Crippen LogP contribution in [0.15, 0.2) is 42.5 Å². The number of esters is 1. The van der Waals surface area contributed by atoms with Gasteiger partial charge in [0, 0.05) is 24.2 Å². The van der Waals surface area contributed by atoms with Crippen LogP contribution in [0.4, 0.5) is 0 Å². The Kier molecular flexibility index (Phi) is 8.58. The molecule has 0 saturated carbocycles. The van der Waals surface area contributed by atoms with Gasteiger partial charge in [0.25, 0.3) is 5.91 Å². The van der Waals surface area contributed by atoms with Crippen LogP contribution in [-0.4, -0.2) is 45.9 Å². The van der Waals surface area contributed by atoms with E-state index in [0.29, 0.717) is 29.7 Å². The summed E-state index contributed by atoms with van der Waals surface area (Å²) in [6, 6.07) is 12.0. The van der Waals surface area contributed by atoms with Gasteiger partial charge in [0.05, 0.1) is 19.3 Å². The van der Waals surface area contributed by atoms with Crippen LogP contribution in [-0.2, 0) is 20.9 Å². The first-order chi connectivity index (χ1) is 13.5. The number of carbonyl (C=O) groups is 2. The van der Waals surface area contributed by atoms with E-state index in [2.05, 4.69) is 5.32 Å². The average molecular weight is 408 g/mol. The van der Waals surface area contributed by atoms with Crippen LogP contribution < -0.4 is 14.8 Å². The summed E-state index contributed by atoms with van der Waals surface area (Å²) in [7, 11) is 3.00. The van der Waals surface area contributed by atoms with Crippen molar-refractivity contribution < 1.29 is 28.5 Å². The number of hydrogen-bond acceptors (Lipinski definition) is 6. The first-order valence-electron chi connectivity index (χ1n) is 8.52. The van der Waals surface area contributed by atoms with Gasteiger partial charge in [0.2, 0.25) is 0 Å². The molecule has 150 valence electrons. The zero-order valence-corrected chi connectivity index (χ0v) is 16.5. The Morgan fingerprint density at radius 1 is 1.07 bits per heavy atom. The standard InChI is InChI=1S/C20H22ClNO6/c1-25-10-9-22-19(23)13-28-20(24)14-7-8-17(18(11-14)26-2)27-12-15-5-3-4-6-16(15)21/h3-8,11H,9-10,12-13H2,1-2H3,(H,22,23). The lowest BCUT2D eigenvalue weighted by molar-refractivity contribution is -0.124. The number of hydrogen-bond donors (Lipinski definition) is 1. The number of methoxy groups -OCH3 is 2. The van der Waals surface area contributed by atoms with E-state index < -0.39 is 11.9 Å². The maximum atomic E-state index is 12.1. The molecule has 2 rings (SSSR count). The second-order valence-corrected chi connectivity index (χ2v) is 6.07. The Morgan fingerprint density at radius 3 is 2.57 bits per heavy atom. The lowest BCUT2D eigenvalue weighted by Gasteiger charge is -2.13. The zero-order chi connectivity index (χ0) is 20.4. The van der Waals surface area contributed by atoms with Crippen LogP contribution in [0.25, 0.3) is 0 Å². The fourth-order valence-electron chi connectivity index (χ4n) is 2.24. The van der Waals surface area contributed by atoms with Crippen LogP contribution in [0.2, 0.25) is 5.02 Å². The first-order valence-corrected chi connectivity index (χ1v) is 8.90. The minimum absolute atomic E-state index is 0.242. The molecule has 0 saturated heterocycles. The molecule has 0 spiro atoms. The van der Waals surface area contributed by atoms with Crippen molar-refractivity contribution in [2.45, 2.75) is 6.61 Å². The quantitative estimate of drug-likeness (QED) is 0.481. The lowest BCUT2D eigenvalue weighted by atomic mass is 10.2. The minimum atomic E-state index is -0.641. The predicted molar refractivity (Wildman–Crippen MR) is 104 cm³/mol. The molecule has 0 aliphatic heterocycles. The molecule has 2 aromatic rings. The highest BCUT2D eigenvalue weighted by atomic mass is 35.5. The number of halogens is 1. The number of rotatable bonds is 10. The molecule has 0 heterocycles. The monoisotopic (exact) mass is 407 g/mol. The van der Waals surface area contributed by atoms with Crippen LogP contribution >= 0.6 is 11.6 Å². The van der Waals surface area contributed by atoms with E-state index in [-0.39, 0.29) is 18.8 Å². The van der Waals surface area contributed by atoms with E-state index in [9.17, 15) is 9.59 Å². The molecule has 0 aliphatic carbocycles. The van der Waals surface area contributed by atoms with E-state index in [1.165, 1.54) is 26.4 Å². The number of benzene rings is 2. The fraction of sp³-hybridized carbons (Fsp3) is 0.300. The molecule has 8 heteroatoms. The summed E-state index contributed by atoms with van der Waals surface area (Å²) in [5, 5.41) is 3.16. The van der Waals surface area contributed by atoms with Gasteiger partial charge >= 0.3 is 5.97 Å². The third-order valence-corrected chi connectivity index (χ3v) is 4.07. The second kappa shape index (κ2) is 11.2. The van der Waals surface area contributed by atoms with Crippen LogP contribution in [0, 0.1) is 0 Å². The third kappa shape index (κ3) is 6.44. The molecule has 0 fully saturated rings. The summed E-state index contributed by atoms with van der Waals surface area (Å²) in [6.07, 6.45) is 0. The van der Waals surface area contributed by atoms with Crippen LogP contribution in [0.3, 0.4) is 0 Å². The Morgan fingerprint density at radius 2 is 1.86 bits per heavy atom. The molecule has 2 aromatic carbocycles. The molecule has 1 N–H and O–H groups in total. The number of nitrogens with one attached hydrogen (secondary N) is 1. The van der Waals surface area contributed by atoms with Gasteiger partial charge in [-0.2, -0.15) is 0 Å². The molecule has 1 amide bonds. The normalized spacial score (nSPS) is 10.2. The van der Waals surface area contributed by atoms with Gasteiger partial charge in [-0.3, -0.25) is 4.79 Å². The van der Waals surface area contributed by atoms with Gasteiger partial charge in [-0.25, -0.2) is 4.79 Å². The van der Waals surface area contributed by atoms with Crippen molar-refractivity contribution >= 4 is 23.5 Å². The highest BCUT2D eigenvalue weighted by molar-refractivity contribution is 6.31. The summed E-state index contributed by atoms with van der Waals surface area (Å²) in [6.45, 7) is 0.599. The van der Waals surface area contributed by atoms with Gasteiger partial charge in [-0.15, -0.1) is 0 Å². The van der Waals surface area contributed by atoms with Gasteiger partial charge in [-0.05, 0) is 24.3 Å². The average Bonchev–Trinajstić information content (AvgIpc) is 2.71. The van der Waals surface area contributed by atoms with E-state index in [4.69, 9.17) is 30.5 Å². The predicted octanol–water partition coefficient (Wildman–Crippen LogP) is 2.85. The first kappa shape index (κ1) is 21.5. The molecule has 0 aromatic heterocycles. The molecule has 0 aliphatic rings. The van der Waals surface area contributed by atoms with Crippen LogP contribution in [0.5, 0.6) is 11.5 Å². The smallest absolute Gasteiger partial charge is 0.338 e. The second-order valence-electron chi connectivity index (χ2n) is 5.66. The van der Waals surface area contributed by atoms with E-state index in [1.54, 1.807) is 12.1 Å².